The minimum Gasteiger partial charge on any atom is -0.756 e. The molecule has 0 saturated carbocycles. The van der Waals surface area contributed by atoms with Crippen LogP contribution >= 0.6 is 7.82 Å². The Labute approximate surface area is 509 Å². The lowest BCUT2D eigenvalue weighted by Crippen LogP contribution is -2.37. The summed E-state index contributed by atoms with van der Waals surface area (Å²) in [6.07, 6.45) is 82.0. The molecular weight excluding hydrogens is 1040 g/mol. The van der Waals surface area contributed by atoms with E-state index in [1.54, 1.807) is 0 Å². The molecule has 0 aromatic carbocycles. The molecule has 0 aliphatic heterocycles. The molecule has 0 aliphatic rings. The first-order chi connectivity index (χ1) is 40.0. The van der Waals surface area contributed by atoms with E-state index in [9.17, 15) is 19.0 Å². The van der Waals surface area contributed by atoms with Crippen molar-refractivity contribution in [3.8, 4) is 0 Å². The Bertz CT molecular complexity index is 1520. The van der Waals surface area contributed by atoms with Crippen LogP contribution in [0.25, 0.3) is 0 Å². The van der Waals surface area contributed by atoms with Crippen molar-refractivity contribution in [2.75, 3.05) is 47.5 Å². The number of hydrogen-bond donors (Lipinski definition) is 0. The summed E-state index contributed by atoms with van der Waals surface area (Å²) in [5, 5.41) is 0. The Balaban J connectivity index is 4.00. The lowest BCUT2D eigenvalue weighted by molar-refractivity contribution is -0.870. The molecule has 0 saturated heterocycles. The number of ether oxygens (including phenoxy) is 2. The Morgan fingerprint density at radius 1 is 0.378 bits per heavy atom. The number of nitrogens with zero attached hydrogens (tertiary/aromatic N) is 1. The summed E-state index contributed by atoms with van der Waals surface area (Å²) >= 11 is 0. The Morgan fingerprint density at radius 2 is 0.659 bits per heavy atom. The molecule has 0 fully saturated rings. The Hall–Kier alpha value is -2.03. The standard InChI is InChI=1S/C72H136NO8P/c1-6-8-10-12-14-16-18-20-22-24-26-28-30-32-33-34-35-36-37-38-39-41-42-44-46-48-50-52-54-56-58-60-62-64-71(74)78-68-70(69-80-82(76,77)79-67-66-73(3,4)5)81-72(75)65-63-61-59-57-55-53-51-49-47-45-43-40-31-29-27-25-23-21-19-17-15-13-11-9-7-2/h19,21,24-27,31,40,70H,6-18,20,22-23,28-30,32-39,41-69H2,1-5H3/b21-19-,26-24-,27-25-,40-31-. The van der Waals surface area contributed by atoms with Gasteiger partial charge in [-0.3, -0.25) is 14.2 Å². The number of phosphoric acid groups is 1. The maximum atomic E-state index is 12.9. The van der Waals surface area contributed by atoms with E-state index in [4.69, 9.17) is 18.5 Å². The summed E-state index contributed by atoms with van der Waals surface area (Å²) in [7, 11) is 1.18. The molecule has 0 aromatic rings. The molecule has 482 valence electrons. The molecule has 0 aliphatic carbocycles. The molecule has 0 aromatic heterocycles. The number of hydrogen-bond acceptors (Lipinski definition) is 8. The van der Waals surface area contributed by atoms with Gasteiger partial charge < -0.3 is 27.9 Å². The summed E-state index contributed by atoms with van der Waals surface area (Å²) in [6, 6.07) is 0. The van der Waals surface area contributed by atoms with E-state index >= 15 is 0 Å². The molecule has 0 bridgehead atoms. The summed E-state index contributed by atoms with van der Waals surface area (Å²) < 4.78 is 34.3. The predicted octanol–water partition coefficient (Wildman–Crippen LogP) is 22.2. The molecule has 0 heterocycles. The number of carbonyl (C=O) groups excluding carboxylic acids is 2. The number of carbonyl (C=O) groups is 2. The summed E-state index contributed by atoms with van der Waals surface area (Å²) in [4.78, 5) is 38.1. The van der Waals surface area contributed by atoms with Crippen LogP contribution in [0.4, 0.5) is 0 Å². The minimum absolute atomic E-state index is 0.0308. The van der Waals surface area contributed by atoms with Crippen molar-refractivity contribution in [3.05, 3.63) is 48.6 Å². The van der Waals surface area contributed by atoms with Crippen LogP contribution in [0.15, 0.2) is 48.6 Å². The second-order valence-electron chi connectivity index (χ2n) is 25.2. The normalized spacial score (nSPS) is 13.4. The van der Waals surface area contributed by atoms with Crippen molar-refractivity contribution >= 4 is 19.8 Å². The second-order valence-corrected chi connectivity index (χ2v) is 26.7. The van der Waals surface area contributed by atoms with Crippen molar-refractivity contribution in [3.63, 3.8) is 0 Å². The number of likely N-dealkylation sites (N-methyl/N-ethyl adjacent to an activating group) is 1. The van der Waals surface area contributed by atoms with Crippen LogP contribution in [-0.2, 0) is 32.7 Å². The van der Waals surface area contributed by atoms with Crippen LogP contribution in [-0.4, -0.2) is 70.0 Å². The fourth-order valence-electron chi connectivity index (χ4n) is 10.4. The van der Waals surface area contributed by atoms with Gasteiger partial charge >= 0.3 is 11.9 Å². The highest BCUT2D eigenvalue weighted by Gasteiger charge is 2.22. The van der Waals surface area contributed by atoms with Gasteiger partial charge in [-0.1, -0.05) is 306 Å². The van der Waals surface area contributed by atoms with E-state index < -0.39 is 26.5 Å². The number of quaternary nitrogens is 1. The van der Waals surface area contributed by atoms with E-state index in [-0.39, 0.29) is 32.0 Å². The van der Waals surface area contributed by atoms with Crippen LogP contribution < -0.4 is 4.89 Å². The summed E-state index contributed by atoms with van der Waals surface area (Å²) in [5.74, 6) is -0.822. The molecule has 0 radical (unpaired) electrons. The zero-order valence-corrected chi connectivity index (χ0v) is 55.8. The molecule has 2 atom stereocenters. The summed E-state index contributed by atoms with van der Waals surface area (Å²) in [6.45, 7) is 4.28. The topological polar surface area (TPSA) is 111 Å². The van der Waals surface area contributed by atoms with Gasteiger partial charge in [0.05, 0.1) is 27.7 Å². The van der Waals surface area contributed by atoms with Gasteiger partial charge in [0.25, 0.3) is 7.82 Å². The van der Waals surface area contributed by atoms with Gasteiger partial charge in [-0.15, -0.1) is 0 Å². The third-order valence-corrected chi connectivity index (χ3v) is 16.8. The maximum absolute atomic E-state index is 12.9. The zero-order valence-electron chi connectivity index (χ0n) is 55.0. The van der Waals surface area contributed by atoms with Crippen LogP contribution in [0.3, 0.4) is 0 Å². The third kappa shape index (κ3) is 67.1. The molecular formula is C72H136NO8P. The van der Waals surface area contributed by atoms with E-state index in [2.05, 4.69) is 62.5 Å². The highest BCUT2D eigenvalue weighted by atomic mass is 31.2. The number of rotatable bonds is 66. The lowest BCUT2D eigenvalue weighted by Gasteiger charge is -2.28. The average molecular weight is 1170 g/mol. The molecule has 82 heavy (non-hydrogen) atoms. The van der Waals surface area contributed by atoms with Gasteiger partial charge in [0.1, 0.15) is 19.8 Å². The highest BCUT2D eigenvalue weighted by Crippen LogP contribution is 2.38. The van der Waals surface area contributed by atoms with Gasteiger partial charge in [-0.05, 0) is 77.0 Å². The minimum atomic E-state index is -4.64. The van der Waals surface area contributed by atoms with Gasteiger partial charge in [0, 0.05) is 12.8 Å². The third-order valence-electron chi connectivity index (χ3n) is 15.8. The quantitative estimate of drug-likeness (QED) is 0.0195. The van der Waals surface area contributed by atoms with Crippen LogP contribution in [0.5, 0.6) is 0 Å². The Kier molecular flexibility index (Phi) is 61.9. The maximum Gasteiger partial charge on any atom is 0.306 e. The number of esters is 2. The van der Waals surface area contributed by atoms with Crippen molar-refractivity contribution < 1.29 is 42.1 Å². The summed E-state index contributed by atoms with van der Waals surface area (Å²) in [5.41, 5.74) is 0. The molecule has 2 unspecified atom stereocenters. The van der Waals surface area contributed by atoms with Crippen molar-refractivity contribution in [1.82, 2.24) is 0 Å². The monoisotopic (exact) mass is 1170 g/mol. The van der Waals surface area contributed by atoms with Gasteiger partial charge in [0.2, 0.25) is 0 Å². The first-order valence-electron chi connectivity index (χ1n) is 35.3. The van der Waals surface area contributed by atoms with E-state index in [0.29, 0.717) is 17.4 Å². The van der Waals surface area contributed by atoms with E-state index in [1.807, 2.05) is 21.1 Å². The van der Waals surface area contributed by atoms with Gasteiger partial charge in [0.15, 0.2) is 6.10 Å². The van der Waals surface area contributed by atoms with Crippen molar-refractivity contribution in [1.29, 1.82) is 0 Å². The van der Waals surface area contributed by atoms with E-state index in [0.717, 1.165) is 57.8 Å². The number of allylic oxidation sites excluding steroid dienone is 8. The molecule has 0 N–H and O–H groups in total. The predicted molar refractivity (Wildman–Crippen MR) is 351 cm³/mol. The van der Waals surface area contributed by atoms with Crippen LogP contribution in [0.2, 0.25) is 0 Å². The molecule has 9 nitrogen and oxygen atoms in total. The molecule has 10 heteroatoms. The second kappa shape index (κ2) is 63.5. The van der Waals surface area contributed by atoms with Crippen molar-refractivity contribution in [2.45, 2.75) is 354 Å². The Morgan fingerprint density at radius 3 is 0.988 bits per heavy atom. The first-order valence-corrected chi connectivity index (χ1v) is 36.8. The van der Waals surface area contributed by atoms with Gasteiger partial charge in [-0.25, -0.2) is 0 Å². The molecule has 0 amide bonds. The highest BCUT2D eigenvalue weighted by molar-refractivity contribution is 7.45. The van der Waals surface area contributed by atoms with Gasteiger partial charge in [-0.2, -0.15) is 0 Å². The van der Waals surface area contributed by atoms with Crippen LogP contribution in [0, 0.1) is 0 Å². The molecule has 0 spiro atoms. The smallest absolute Gasteiger partial charge is 0.306 e. The fourth-order valence-corrected chi connectivity index (χ4v) is 11.1. The largest absolute Gasteiger partial charge is 0.756 e. The van der Waals surface area contributed by atoms with Crippen molar-refractivity contribution in [2.24, 2.45) is 0 Å². The first kappa shape index (κ1) is 80.0. The van der Waals surface area contributed by atoms with Crippen LogP contribution in [0.1, 0.15) is 348 Å². The average Bonchev–Trinajstić information content (AvgIpc) is 3.46. The lowest BCUT2D eigenvalue weighted by atomic mass is 10.0. The fraction of sp³-hybridized carbons (Fsp3) is 0.861. The molecule has 0 rings (SSSR count). The van der Waals surface area contributed by atoms with E-state index in [1.165, 1.54) is 257 Å². The zero-order chi connectivity index (χ0) is 59.8. The number of phosphoric ester groups is 1. The number of unbranched alkanes of at least 4 members (excludes halogenated alkanes) is 44. The SMILES string of the molecule is CCCCCCC/C=C\C/C=C\C/C=C\CCCCCCCCCCCCC(=O)OC(COC(=O)CCCCCCCCCCCCCCCCCCCCCCC/C=C\CCCCCCCCCC)COP(=O)([O-])OCC[N+](C)(C)C.